The molecule has 0 aliphatic heterocycles. The fourth-order valence-electron chi connectivity index (χ4n) is 4.24. The van der Waals surface area contributed by atoms with E-state index in [1.165, 1.54) is 11.6 Å². The smallest absolute Gasteiger partial charge is 0.417 e. The van der Waals surface area contributed by atoms with Crippen LogP contribution in [0.2, 0.25) is 0 Å². The van der Waals surface area contributed by atoms with Gasteiger partial charge in [0.25, 0.3) is 5.91 Å². The highest BCUT2D eigenvalue weighted by molar-refractivity contribution is 5.94. The van der Waals surface area contributed by atoms with Crippen LogP contribution >= 0.6 is 0 Å². The van der Waals surface area contributed by atoms with Gasteiger partial charge in [-0.05, 0) is 67.6 Å². The zero-order valence-corrected chi connectivity index (χ0v) is 20.2. The Labute approximate surface area is 217 Å². The fraction of sp³-hybridized carbons (Fsp3) is 0.214. The third-order valence-electron chi connectivity index (χ3n) is 6.23. The Hall–Kier alpha value is -4.47. The normalized spacial score (nSPS) is 15.7. The summed E-state index contributed by atoms with van der Waals surface area (Å²) in [5, 5.41) is 7.23. The molecule has 0 atom stereocenters. The van der Waals surface area contributed by atoms with Crippen molar-refractivity contribution >= 4 is 12.0 Å². The van der Waals surface area contributed by atoms with Gasteiger partial charge in [-0.25, -0.2) is 14.6 Å². The number of aromatic nitrogens is 4. The highest BCUT2D eigenvalue weighted by Crippen LogP contribution is 2.31. The second-order valence-electron chi connectivity index (χ2n) is 8.96. The van der Waals surface area contributed by atoms with E-state index < -0.39 is 11.7 Å². The molecule has 0 radical (unpaired) electrons. The first-order chi connectivity index (χ1) is 18.3. The summed E-state index contributed by atoms with van der Waals surface area (Å²) in [4.78, 5) is 20.7. The lowest BCUT2D eigenvalue weighted by Crippen LogP contribution is -2.36. The van der Waals surface area contributed by atoms with Crippen LogP contribution in [-0.2, 0) is 6.18 Å². The predicted molar refractivity (Wildman–Crippen MR) is 135 cm³/mol. The van der Waals surface area contributed by atoms with Crippen molar-refractivity contribution in [2.45, 2.75) is 37.9 Å². The van der Waals surface area contributed by atoms with E-state index in [9.17, 15) is 18.0 Å². The van der Waals surface area contributed by atoms with Crippen LogP contribution in [0, 0.1) is 0 Å². The van der Waals surface area contributed by atoms with Crippen LogP contribution in [0.15, 0.2) is 85.0 Å². The van der Waals surface area contributed by atoms with Crippen molar-refractivity contribution < 1.29 is 22.7 Å². The minimum absolute atomic E-state index is 0.0749. The van der Waals surface area contributed by atoms with Crippen molar-refractivity contribution in [2.75, 3.05) is 0 Å². The van der Waals surface area contributed by atoms with Crippen LogP contribution < -0.4 is 10.1 Å². The largest absolute Gasteiger partial charge is 0.439 e. The molecule has 0 bridgehead atoms. The molecule has 1 aliphatic carbocycles. The predicted octanol–water partition coefficient (Wildman–Crippen LogP) is 6.23. The SMILES string of the molecule is O=C(NC1CCC(=Cc2cccc(Oc3ccc(C(F)(F)F)cn3)c2)CC1)c1ccc(-n2cccn2)nc1. The number of halogens is 3. The first-order valence-electron chi connectivity index (χ1n) is 12.1. The molecule has 10 heteroatoms. The number of amides is 1. The number of rotatable bonds is 6. The van der Waals surface area contributed by atoms with Crippen molar-refractivity contribution in [2.24, 2.45) is 0 Å². The molecule has 7 nitrogen and oxygen atoms in total. The number of hydrogen-bond donors (Lipinski definition) is 1. The average Bonchev–Trinajstić information content (AvgIpc) is 3.45. The van der Waals surface area contributed by atoms with Crippen molar-refractivity contribution in [3.8, 4) is 17.4 Å². The number of benzene rings is 1. The molecule has 1 fully saturated rings. The molecule has 3 aromatic heterocycles. The van der Waals surface area contributed by atoms with Crippen molar-refractivity contribution in [1.29, 1.82) is 0 Å². The van der Waals surface area contributed by atoms with Crippen molar-refractivity contribution in [3.05, 3.63) is 102 Å². The molecule has 1 aromatic carbocycles. The zero-order chi connectivity index (χ0) is 26.5. The van der Waals surface area contributed by atoms with Gasteiger partial charge in [0.2, 0.25) is 5.88 Å². The van der Waals surface area contributed by atoms with E-state index in [4.69, 9.17) is 4.74 Å². The Morgan fingerprint density at radius 2 is 1.87 bits per heavy atom. The summed E-state index contributed by atoms with van der Waals surface area (Å²) in [6, 6.07) is 14.8. The van der Waals surface area contributed by atoms with Crippen LogP contribution in [0.3, 0.4) is 0 Å². The molecule has 5 rings (SSSR count). The van der Waals surface area contributed by atoms with Gasteiger partial charge in [0.05, 0.1) is 11.1 Å². The minimum atomic E-state index is -4.44. The van der Waals surface area contributed by atoms with Gasteiger partial charge >= 0.3 is 6.18 Å². The zero-order valence-electron chi connectivity index (χ0n) is 20.2. The third-order valence-corrected chi connectivity index (χ3v) is 6.23. The van der Waals surface area contributed by atoms with Gasteiger partial charge in [0.1, 0.15) is 5.75 Å². The van der Waals surface area contributed by atoms with E-state index >= 15 is 0 Å². The van der Waals surface area contributed by atoms with E-state index in [0.29, 0.717) is 17.1 Å². The Balaban J connectivity index is 1.14. The van der Waals surface area contributed by atoms with E-state index in [1.54, 1.807) is 47.5 Å². The number of allylic oxidation sites excluding steroid dienone is 1. The monoisotopic (exact) mass is 519 g/mol. The lowest BCUT2D eigenvalue weighted by molar-refractivity contribution is -0.137. The topological polar surface area (TPSA) is 81.9 Å². The number of ether oxygens (including phenoxy) is 1. The third kappa shape index (κ3) is 6.26. The summed E-state index contributed by atoms with van der Waals surface area (Å²) in [5.74, 6) is 1.07. The summed E-state index contributed by atoms with van der Waals surface area (Å²) in [6.07, 6.45) is 6.73. The fourth-order valence-corrected chi connectivity index (χ4v) is 4.24. The van der Waals surface area contributed by atoms with E-state index in [0.717, 1.165) is 43.5 Å². The molecule has 1 amide bonds. The molecule has 3 heterocycles. The van der Waals surface area contributed by atoms with Gasteiger partial charge < -0.3 is 10.1 Å². The first kappa shape index (κ1) is 25.2. The highest BCUT2D eigenvalue weighted by Gasteiger charge is 2.30. The molecule has 194 valence electrons. The number of alkyl halides is 3. The Morgan fingerprint density at radius 1 is 1.03 bits per heavy atom. The lowest BCUT2D eigenvalue weighted by Gasteiger charge is -2.25. The van der Waals surface area contributed by atoms with Crippen LogP contribution in [0.25, 0.3) is 11.9 Å². The van der Waals surface area contributed by atoms with E-state index in [1.807, 2.05) is 18.2 Å². The van der Waals surface area contributed by atoms with E-state index in [2.05, 4.69) is 26.5 Å². The van der Waals surface area contributed by atoms with Crippen LogP contribution in [-0.4, -0.2) is 31.7 Å². The number of nitrogens with zero attached hydrogens (tertiary/aromatic N) is 4. The molecule has 0 saturated heterocycles. The number of hydrogen-bond acceptors (Lipinski definition) is 5. The maximum atomic E-state index is 12.7. The average molecular weight is 520 g/mol. The summed E-state index contributed by atoms with van der Waals surface area (Å²) < 4.78 is 45.5. The number of carbonyl (C=O) groups is 1. The number of pyridine rings is 2. The molecule has 4 aromatic rings. The first-order valence-corrected chi connectivity index (χ1v) is 12.1. The molecule has 38 heavy (non-hydrogen) atoms. The Kier molecular flexibility index (Phi) is 7.21. The van der Waals surface area contributed by atoms with Crippen molar-refractivity contribution in [3.63, 3.8) is 0 Å². The maximum absolute atomic E-state index is 12.7. The molecule has 0 unspecified atom stereocenters. The highest BCUT2D eigenvalue weighted by atomic mass is 19.4. The molecule has 0 spiro atoms. The second-order valence-corrected chi connectivity index (χ2v) is 8.96. The minimum Gasteiger partial charge on any atom is -0.439 e. The molecular weight excluding hydrogens is 495 g/mol. The molecule has 1 aliphatic rings. The Morgan fingerprint density at radius 3 is 2.53 bits per heavy atom. The molecule has 1 N–H and O–H groups in total. The van der Waals surface area contributed by atoms with Gasteiger partial charge in [-0.3, -0.25) is 4.79 Å². The number of carbonyl (C=O) groups excluding carboxylic acids is 1. The van der Waals surface area contributed by atoms with Gasteiger partial charge in [0, 0.05) is 36.9 Å². The van der Waals surface area contributed by atoms with Crippen LogP contribution in [0.4, 0.5) is 13.2 Å². The van der Waals surface area contributed by atoms with Gasteiger partial charge in [-0.1, -0.05) is 23.8 Å². The maximum Gasteiger partial charge on any atom is 0.417 e. The van der Waals surface area contributed by atoms with E-state index in [-0.39, 0.29) is 17.8 Å². The Bertz CT molecular complexity index is 1410. The lowest BCUT2D eigenvalue weighted by atomic mass is 9.89. The van der Waals surface area contributed by atoms with Gasteiger partial charge in [0.15, 0.2) is 5.82 Å². The summed E-state index contributed by atoms with van der Waals surface area (Å²) in [7, 11) is 0. The quantitative estimate of drug-likeness (QED) is 0.327. The second kappa shape index (κ2) is 10.9. The van der Waals surface area contributed by atoms with Gasteiger partial charge in [-0.2, -0.15) is 18.3 Å². The molecule has 1 saturated carbocycles. The van der Waals surface area contributed by atoms with Crippen LogP contribution in [0.5, 0.6) is 11.6 Å². The van der Waals surface area contributed by atoms with Crippen molar-refractivity contribution in [1.82, 2.24) is 25.1 Å². The number of nitrogens with one attached hydrogen (secondary N) is 1. The standard InChI is InChI=1S/C28H24F3N5O2/c29-28(30,31)22-8-12-26(33-18-22)38-24-4-1-3-20(16-24)15-19-5-9-23(10-6-19)35-27(37)21-7-11-25(32-17-21)36-14-2-13-34-36/h1-4,7-8,11-18,23H,5-6,9-10H2,(H,35,37). The summed E-state index contributed by atoms with van der Waals surface area (Å²) >= 11 is 0. The summed E-state index contributed by atoms with van der Waals surface area (Å²) in [6.45, 7) is 0. The molecular formula is C28H24F3N5O2. The van der Waals surface area contributed by atoms with Gasteiger partial charge in [-0.15, -0.1) is 0 Å². The summed E-state index contributed by atoms with van der Waals surface area (Å²) in [5.41, 5.74) is 1.86. The van der Waals surface area contributed by atoms with Crippen LogP contribution in [0.1, 0.15) is 47.2 Å².